The van der Waals surface area contributed by atoms with Crippen molar-refractivity contribution in [2.24, 2.45) is 5.92 Å². The number of aliphatic hydroxyl groups excluding tert-OH is 1. The van der Waals surface area contributed by atoms with E-state index in [9.17, 15) is 19.8 Å². The molecule has 0 aromatic heterocycles. The Morgan fingerprint density at radius 3 is 2.56 bits per heavy atom. The summed E-state index contributed by atoms with van der Waals surface area (Å²) >= 11 is 0. The topological polar surface area (TPSA) is 119 Å². The Labute approximate surface area is 156 Å². The van der Waals surface area contributed by atoms with Crippen molar-refractivity contribution >= 4 is 11.8 Å². The average Bonchev–Trinajstić information content (AvgIpc) is 2.97. The molecular formula is C20H22N2O5. The highest BCUT2D eigenvalue weighted by atomic mass is 16.5. The number of amides is 2. The van der Waals surface area contributed by atoms with E-state index in [1.54, 1.807) is 23.7 Å². The lowest BCUT2D eigenvalue weighted by molar-refractivity contribution is -0.136. The first-order valence-corrected chi connectivity index (χ1v) is 8.75. The van der Waals surface area contributed by atoms with Crippen molar-refractivity contribution in [1.29, 1.82) is 0 Å². The maximum Gasteiger partial charge on any atom is 0.247 e. The van der Waals surface area contributed by atoms with Gasteiger partial charge in [0.15, 0.2) is 0 Å². The number of phenolic OH excluding ortho intramolecular Hbond substituents is 1. The second-order valence-electron chi connectivity index (χ2n) is 6.73. The highest BCUT2D eigenvalue weighted by Crippen LogP contribution is 2.31. The Hall–Kier alpha value is -2.90. The summed E-state index contributed by atoms with van der Waals surface area (Å²) in [6, 6.07) is 13.5. The van der Waals surface area contributed by atoms with Crippen LogP contribution in [0, 0.1) is 5.92 Å². The number of nitrogens with one attached hydrogen (secondary N) is 2. The van der Waals surface area contributed by atoms with Crippen LogP contribution < -0.4 is 10.8 Å². The number of benzene rings is 2. The summed E-state index contributed by atoms with van der Waals surface area (Å²) in [4.78, 5) is 24.5. The Morgan fingerprint density at radius 2 is 1.81 bits per heavy atom. The number of hydrogen-bond donors (Lipinski definition) is 5. The van der Waals surface area contributed by atoms with Crippen molar-refractivity contribution in [3.05, 3.63) is 65.2 Å². The molecule has 0 bridgehead atoms. The Balaban J connectivity index is 1.70. The van der Waals surface area contributed by atoms with Crippen LogP contribution in [-0.2, 0) is 22.4 Å². The minimum absolute atomic E-state index is 0.0220. The molecule has 7 heteroatoms. The molecule has 0 aliphatic heterocycles. The molecule has 27 heavy (non-hydrogen) atoms. The van der Waals surface area contributed by atoms with Crippen LogP contribution >= 0.6 is 0 Å². The molecule has 2 amide bonds. The molecule has 3 rings (SSSR count). The van der Waals surface area contributed by atoms with Gasteiger partial charge in [0.05, 0.1) is 18.1 Å². The molecule has 0 saturated heterocycles. The quantitative estimate of drug-likeness (QED) is 0.387. The molecular weight excluding hydrogens is 348 g/mol. The molecule has 2 aromatic rings. The van der Waals surface area contributed by atoms with E-state index in [-0.39, 0.29) is 18.6 Å². The average molecular weight is 370 g/mol. The normalized spacial score (nSPS) is 19.2. The van der Waals surface area contributed by atoms with Crippen LogP contribution in [0.4, 0.5) is 0 Å². The molecule has 0 spiro atoms. The van der Waals surface area contributed by atoms with Gasteiger partial charge in [0, 0.05) is 12.8 Å². The predicted octanol–water partition coefficient (Wildman–Crippen LogP) is 1.22. The van der Waals surface area contributed by atoms with Gasteiger partial charge in [-0.3, -0.25) is 14.8 Å². The SMILES string of the molecule is O=C(CC(Cc1ccccc1O)C(=O)NO)N[C@H]1c2ccccc2C[C@H]1O. The van der Waals surface area contributed by atoms with E-state index >= 15 is 0 Å². The number of para-hydroxylation sites is 1. The third-order valence-electron chi connectivity index (χ3n) is 4.89. The first-order valence-electron chi connectivity index (χ1n) is 8.75. The summed E-state index contributed by atoms with van der Waals surface area (Å²) in [6.07, 6.45) is -0.364. The van der Waals surface area contributed by atoms with E-state index in [4.69, 9.17) is 5.21 Å². The van der Waals surface area contributed by atoms with Crippen molar-refractivity contribution in [2.45, 2.75) is 31.4 Å². The van der Waals surface area contributed by atoms with Gasteiger partial charge < -0.3 is 15.5 Å². The summed E-state index contributed by atoms with van der Waals surface area (Å²) in [7, 11) is 0. The van der Waals surface area contributed by atoms with Gasteiger partial charge in [-0.15, -0.1) is 0 Å². The molecule has 0 heterocycles. The smallest absolute Gasteiger partial charge is 0.247 e. The molecule has 0 saturated carbocycles. The van der Waals surface area contributed by atoms with E-state index in [2.05, 4.69) is 5.32 Å². The largest absolute Gasteiger partial charge is 0.508 e. The summed E-state index contributed by atoms with van der Waals surface area (Å²) in [6.45, 7) is 0. The number of carbonyl (C=O) groups is 2. The van der Waals surface area contributed by atoms with Crippen molar-refractivity contribution in [1.82, 2.24) is 10.8 Å². The second-order valence-corrected chi connectivity index (χ2v) is 6.73. The number of hydrogen-bond acceptors (Lipinski definition) is 5. The Bertz CT molecular complexity index is 839. The molecule has 3 atom stereocenters. The molecule has 2 aromatic carbocycles. The molecule has 1 aliphatic rings. The van der Waals surface area contributed by atoms with Gasteiger partial charge in [0.2, 0.25) is 11.8 Å². The molecule has 0 radical (unpaired) electrons. The molecule has 5 N–H and O–H groups in total. The number of fused-ring (bicyclic) bond motifs is 1. The Morgan fingerprint density at radius 1 is 1.11 bits per heavy atom. The number of carbonyl (C=O) groups excluding carboxylic acids is 2. The van der Waals surface area contributed by atoms with Crippen LogP contribution in [-0.4, -0.2) is 33.3 Å². The van der Waals surface area contributed by atoms with Crippen molar-refractivity contribution in [3.8, 4) is 5.75 Å². The van der Waals surface area contributed by atoms with E-state index in [0.717, 1.165) is 11.1 Å². The van der Waals surface area contributed by atoms with Crippen LogP contribution in [0.1, 0.15) is 29.2 Å². The third kappa shape index (κ3) is 4.27. The predicted molar refractivity (Wildman–Crippen MR) is 96.9 cm³/mol. The zero-order chi connectivity index (χ0) is 19.4. The fourth-order valence-corrected chi connectivity index (χ4v) is 3.50. The van der Waals surface area contributed by atoms with Gasteiger partial charge in [-0.1, -0.05) is 42.5 Å². The Kier molecular flexibility index (Phi) is 5.73. The number of aliphatic hydroxyl groups is 1. The zero-order valence-corrected chi connectivity index (χ0v) is 14.6. The highest BCUT2D eigenvalue weighted by Gasteiger charge is 2.33. The monoisotopic (exact) mass is 370 g/mol. The van der Waals surface area contributed by atoms with Gasteiger partial charge in [0.1, 0.15) is 5.75 Å². The molecule has 7 nitrogen and oxygen atoms in total. The lowest BCUT2D eigenvalue weighted by Crippen LogP contribution is -2.38. The fraction of sp³-hybridized carbons (Fsp3) is 0.300. The van der Waals surface area contributed by atoms with Crippen molar-refractivity contribution in [3.63, 3.8) is 0 Å². The van der Waals surface area contributed by atoms with Gasteiger partial charge in [-0.2, -0.15) is 0 Å². The van der Waals surface area contributed by atoms with E-state index in [0.29, 0.717) is 12.0 Å². The minimum Gasteiger partial charge on any atom is -0.508 e. The number of phenols is 1. The van der Waals surface area contributed by atoms with Gasteiger partial charge in [-0.05, 0) is 29.2 Å². The minimum atomic E-state index is -0.864. The van der Waals surface area contributed by atoms with E-state index in [1.165, 1.54) is 6.07 Å². The molecule has 142 valence electrons. The van der Waals surface area contributed by atoms with Crippen LogP contribution in [0.25, 0.3) is 0 Å². The molecule has 1 unspecified atom stereocenters. The number of rotatable bonds is 6. The first-order chi connectivity index (χ1) is 13.0. The van der Waals surface area contributed by atoms with Crippen molar-refractivity contribution in [2.75, 3.05) is 0 Å². The van der Waals surface area contributed by atoms with Crippen LogP contribution in [0.15, 0.2) is 48.5 Å². The van der Waals surface area contributed by atoms with E-state index < -0.39 is 29.9 Å². The van der Waals surface area contributed by atoms with Gasteiger partial charge in [0.25, 0.3) is 0 Å². The summed E-state index contributed by atoms with van der Waals surface area (Å²) in [5.74, 6) is -1.97. The summed E-state index contributed by atoms with van der Waals surface area (Å²) in [5, 5.41) is 31.9. The maximum atomic E-state index is 12.5. The highest BCUT2D eigenvalue weighted by molar-refractivity contribution is 5.85. The van der Waals surface area contributed by atoms with Gasteiger partial charge in [-0.25, -0.2) is 5.48 Å². The lowest BCUT2D eigenvalue weighted by atomic mass is 9.94. The van der Waals surface area contributed by atoms with Crippen molar-refractivity contribution < 1.29 is 25.0 Å². The number of aromatic hydroxyl groups is 1. The van der Waals surface area contributed by atoms with E-state index in [1.807, 2.05) is 24.3 Å². The molecule has 0 fully saturated rings. The first kappa shape index (κ1) is 18.9. The second kappa shape index (κ2) is 8.20. The third-order valence-corrected chi connectivity index (χ3v) is 4.89. The number of hydroxylamine groups is 1. The van der Waals surface area contributed by atoms with Crippen LogP contribution in [0.5, 0.6) is 5.75 Å². The summed E-state index contributed by atoms with van der Waals surface area (Å²) in [5.41, 5.74) is 3.93. The van der Waals surface area contributed by atoms with Crippen LogP contribution in [0.3, 0.4) is 0 Å². The standard InChI is InChI=1S/C20H22N2O5/c23-16-8-4-2-6-13(16)9-14(20(26)22-27)11-18(25)21-19-15-7-3-1-5-12(15)10-17(19)24/h1-8,14,17,19,23-24,27H,9-11H2,(H,21,25)(H,22,26)/t14?,17-,19+/m1/s1. The zero-order valence-electron chi connectivity index (χ0n) is 14.6. The summed E-state index contributed by atoms with van der Waals surface area (Å²) < 4.78 is 0. The fourth-order valence-electron chi connectivity index (χ4n) is 3.50. The maximum absolute atomic E-state index is 12.5. The van der Waals surface area contributed by atoms with Crippen LogP contribution in [0.2, 0.25) is 0 Å². The van der Waals surface area contributed by atoms with Gasteiger partial charge >= 0.3 is 0 Å². The molecule has 1 aliphatic carbocycles. The lowest BCUT2D eigenvalue weighted by Gasteiger charge is -2.20.